The molecular weight excluding hydrogens is 343 g/mol. The average Bonchev–Trinajstić information content (AvgIpc) is 2.56. The highest BCUT2D eigenvalue weighted by Gasteiger charge is 2.15. The van der Waals surface area contributed by atoms with E-state index in [1.807, 2.05) is 13.0 Å². The van der Waals surface area contributed by atoms with Crippen LogP contribution in [0, 0.1) is 12.7 Å². The molecule has 0 unspecified atom stereocenters. The van der Waals surface area contributed by atoms with Crippen molar-refractivity contribution in [2.75, 3.05) is 18.0 Å². The highest BCUT2D eigenvalue weighted by atomic mass is 35.5. The van der Waals surface area contributed by atoms with Crippen molar-refractivity contribution in [1.82, 2.24) is 5.32 Å². The number of anilines is 1. The molecule has 0 atom stereocenters. The zero-order chi connectivity index (χ0) is 18.4. The molecular formula is C19H20ClFN2O2. The second kappa shape index (κ2) is 8.62. The second-order valence-electron chi connectivity index (χ2n) is 5.72. The first kappa shape index (κ1) is 18.9. The Morgan fingerprint density at radius 3 is 2.60 bits per heavy atom. The molecule has 0 aliphatic carbocycles. The minimum Gasteiger partial charge on any atom is -0.354 e. The van der Waals surface area contributed by atoms with Gasteiger partial charge < -0.3 is 10.2 Å². The van der Waals surface area contributed by atoms with Crippen LogP contribution in [0.5, 0.6) is 0 Å². The molecule has 0 heterocycles. The Balaban J connectivity index is 1.96. The van der Waals surface area contributed by atoms with Crippen molar-refractivity contribution in [3.63, 3.8) is 0 Å². The Bertz CT molecular complexity index is 780. The van der Waals surface area contributed by atoms with Gasteiger partial charge in [0.15, 0.2) is 0 Å². The van der Waals surface area contributed by atoms with Crippen LogP contribution in [0.25, 0.3) is 0 Å². The summed E-state index contributed by atoms with van der Waals surface area (Å²) in [5.41, 5.74) is 1.97. The first-order chi connectivity index (χ1) is 11.9. The highest BCUT2D eigenvalue weighted by Crippen LogP contribution is 2.24. The number of nitrogens with zero attached hydrogens (tertiary/aromatic N) is 1. The van der Waals surface area contributed by atoms with Gasteiger partial charge >= 0.3 is 0 Å². The lowest BCUT2D eigenvalue weighted by Gasteiger charge is -2.23. The van der Waals surface area contributed by atoms with Crippen LogP contribution in [-0.4, -0.2) is 24.9 Å². The van der Waals surface area contributed by atoms with Gasteiger partial charge in [0.25, 0.3) is 0 Å². The second-order valence-corrected chi connectivity index (χ2v) is 6.16. The van der Waals surface area contributed by atoms with E-state index in [0.29, 0.717) is 22.8 Å². The van der Waals surface area contributed by atoms with Crippen LogP contribution in [0.15, 0.2) is 42.5 Å². The van der Waals surface area contributed by atoms with E-state index in [-0.39, 0.29) is 24.8 Å². The molecule has 2 rings (SSSR count). The van der Waals surface area contributed by atoms with E-state index >= 15 is 0 Å². The number of halogens is 2. The summed E-state index contributed by atoms with van der Waals surface area (Å²) in [6.07, 6.45) is -0.0388. The van der Waals surface area contributed by atoms with Crippen molar-refractivity contribution in [2.24, 2.45) is 0 Å². The number of carbonyl (C=O) groups excluding carboxylic acids is 2. The van der Waals surface area contributed by atoms with Crippen molar-refractivity contribution in [3.8, 4) is 0 Å². The predicted octanol–water partition coefficient (Wildman–Crippen LogP) is 3.50. The molecule has 0 aliphatic rings. The fourth-order valence-electron chi connectivity index (χ4n) is 2.51. The van der Waals surface area contributed by atoms with Crippen molar-refractivity contribution in [3.05, 3.63) is 64.4 Å². The molecule has 0 spiro atoms. The Morgan fingerprint density at radius 2 is 1.92 bits per heavy atom. The molecule has 0 fully saturated rings. The zero-order valence-corrected chi connectivity index (χ0v) is 14.9. The SMILES string of the molecule is CC(=O)N(CCNC(=O)Cc1ccccc1F)c1cc(Cl)ccc1C. The van der Waals surface area contributed by atoms with Gasteiger partial charge in [0, 0.05) is 30.7 Å². The molecule has 132 valence electrons. The van der Waals surface area contributed by atoms with E-state index < -0.39 is 5.82 Å². The zero-order valence-electron chi connectivity index (χ0n) is 14.2. The highest BCUT2D eigenvalue weighted by molar-refractivity contribution is 6.31. The monoisotopic (exact) mass is 362 g/mol. The normalized spacial score (nSPS) is 10.4. The minimum absolute atomic E-state index is 0.0388. The number of nitrogens with one attached hydrogen (secondary N) is 1. The van der Waals surface area contributed by atoms with Gasteiger partial charge in [0.05, 0.1) is 6.42 Å². The van der Waals surface area contributed by atoms with Crippen LogP contribution >= 0.6 is 11.6 Å². The first-order valence-corrected chi connectivity index (χ1v) is 8.30. The summed E-state index contributed by atoms with van der Waals surface area (Å²) in [7, 11) is 0. The Hall–Kier alpha value is -2.40. The molecule has 0 saturated carbocycles. The van der Waals surface area contributed by atoms with Crippen LogP contribution in [0.4, 0.5) is 10.1 Å². The molecule has 0 aromatic heterocycles. The summed E-state index contributed by atoms with van der Waals surface area (Å²) in [6, 6.07) is 11.5. The maximum absolute atomic E-state index is 13.6. The van der Waals surface area contributed by atoms with Crippen LogP contribution < -0.4 is 10.2 Å². The minimum atomic E-state index is -0.405. The molecule has 4 nitrogen and oxygen atoms in total. The number of benzene rings is 2. The molecule has 0 saturated heterocycles. The number of aryl methyl sites for hydroxylation is 1. The molecule has 2 aromatic carbocycles. The lowest BCUT2D eigenvalue weighted by Crippen LogP contribution is -2.38. The number of carbonyl (C=O) groups is 2. The van der Waals surface area contributed by atoms with Gasteiger partial charge in [0.1, 0.15) is 5.82 Å². The summed E-state index contributed by atoms with van der Waals surface area (Å²) < 4.78 is 13.6. The van der Waals surface area contributed by atoms with E-state index in [0.717, 1.165) is 5.56 Å². The van der Waals surface area contributed by atoms with E-state index in [2.05, 4.69) is 5.32 Å². The summed E-state index contributed by atoms with van der Waals surface area (Å²) in [4.78, 5) is 25.5. The van der Waals surface area contributed by atoms with Crippen molar-refractivity contribution in [1.29, 1.82) is 0 Å². The number of amides is 2. The summed E-state index contributed by atoms with van der Waals surface area (Å²) in [5, 5.41) is 3.25. The van der Waals surface area contributed by atoms with Crippen molar-refractivity contribution >= 4 is 29.1 Å². The third kappa shape index (κ3) is 5.29. The molecule has 0 bridgehead atoms. The van der Waals surface area contributed by atoms with Crippen LogP contribution in [0.1, 0.15) is 18.1 Å². The fraction of sp³-hybridized carbons (Fsp3) is 0.263. The molecule has 0 aliphatic heterocycles. The summed E-state index contributed by atoms with van der Waals surface area (Å²) in [6.45, 7) is 3.91. The van der Waals surface area contributed by atoms with Gasteiger partial charge in [-0.25, -0.2) is 4.39 Å². The molecule has 6 heteroatoms. The van der Waals surface area contributed by atoms with E-state index in [1.54, 1.807) is 35.2 Å². The first-order valence-electron chi connectivity index (χ1n) is 7.93. The fourth-order valence-corrected chi connectivity index (χ4v) is 2.67. The molecule has 0 radical (unpaired) electrons. The van der Waals surface area contributed by atoms with Crippen LogP contribution in [0.2, 0.25) is 5.02 Å². The molecule has 1 N–H and O–H groups in total. The van der Waals surface area contributed by atoms with E-state index in [4.69, 9.17) is 11.6 Å². The molecule has 25 heavy (non-hydrogen) atoms. The molecule has 2 aromatic rings. The third-order valence-electron chi connectivity index (χ3n) is 3.81. The van der Waals surface area contributed by atoms with Gasteiger partial charge in [-0.3, -0.25) is 9.59 Å². The lowest BCUT2D eigenvalue weighted by molar-refractivity contribution is -0.121. The Labute approximate surface area is 151 Å². The van der Waals surface area contributed by atoms with E-state index in [9.17, 15) is 14.0 Å². The van der Waals surface area contributed by atoms with Gasteiger partial charge in [-0.2, -0.15) is 0 Å². The topological polar surface area (TPSA) is 49.4 Å². The number of rotatable bonds is 6. The Morgan fingerprint density at radius 1 is 1.20 bits per heavy atom. The van der Waals surface area contributed by atoms with Crippen LogP contribution in [0.3, 0.4) is 0 Å². The van der Waals surface area contributed by atoms with Crippen molar-refractivity contribution in [2.45, 2.75) is 20.3 Å². The molecule has 2 amide bonds. The number of hydrogen-bond donors (Lipinski definition) is 1. The smallest absolute Gasteiger partial charge is 0.224 e. The Kier molecular flexibility index (Phi) is 6.53. The van der Waals surface area contributed by atoms with E-state index in [1.165, 1.54) is 13.0 Å². The quantitative estimate of drug-likeness (QED) is 0.855. The third-order valence-corrected chi connectivity index (χ3v) is 4.04. The van der Waals surface area contributed by atoms with Gasteiger partial charge in [0.2, 0.25) is 11.8 Å². The average molecular weight is 363 g/mol. The predicted molar refractivity (Wildman–Crippen MR) is 97.3 cm³/mol. The number of hydrogen-bond acceptors (Lipinski definition) is 2. The van der Waals surface area contributed by atoms with Crippen LogP contribution in [-0.2, 0) is 16.0 Å². The summed E-state index contributed by atoms with van der Waals surface area (Å²) in [5.74, 6) is -0.845. The maximum Gasteiger partial charge on any atom is 0.224 e. The van der Waals surface area contributed by atoms with Gasteiger partial charge in [-0.1, -0.05) is 35.9 Å². The van der Waals surface area contributed by atoms with Crippen molar-refractivity contribution < 1.29 is 14.0 Å². The van der Waals surface area contributed by atoms with Gasteiger partial charge in [-0.05, 0) is 36.2 Å². The maximum atomic E-state index is 13.6. The summed E-state index contributed by atoms with van der Waals surface area (Å²) >= 11 is 6.01. The van der Waals surface area contributed by atoms with Gasteiger partial charge in [-0.15, -0.1) is 0 Å². The lowest BCUT2D eigenvalue weighted by atomic mass is 10.1. The largest absolute Gasteiger partial charge is 0.354 e. The standard InChI is InChI=1S/C19H20ClFN2O2/c1-13-7-8-16(20)12-18(13)23(14(2)24)10-9-22-19(25)11-15-5-3-4-6-17(15)21/h3-8,12H,9-11H2,1-2H3,(H,22,25).